The number of anilines is 2. The summed E-state index contributed by atoms with van der Waals surface area (Å²) in [6.07, 6.45) is 3.38. The van der Waals surface area contributed by atoms with Crippen LogP contribution in [-0.4, -0.2) is 54.8 Å². The number of halogens is 2. The number of fused-ring (bicyclic) bond motifs is 1. The third-order valence-corrected chi connectivity index (χ3v) is 5.82. The SMILES string of the molecule is [B]c1ccc(Nc2c(C(=O)NOCCO)cc3c(ncn3CC3CCOCC3)c2F)c(Cl)c1. The minimum atomic E-state index is -0.696. The summed E-state index contributed by atoms with van der Waals surface area (Å²) in [7, 11) is 5.74. The Kier molecular flexibility index (Phi) is 7.49. The second kappa shape index (κ2) is 10.5. The maximum absolute atomic E-state index is 15.7. The van der Waals surface area contributed by atoms with Crippen LogP contribution in [-0.2, 0) is 16.1 Å². The van der Waals surface area contributed by atoms with E-state index in [0.717, 1.165) is 12.8 Å². The van der Waals surface area contributed by atoms with Gasteiger partial charge in [-0.25, -0.2) is 14.9 Å². The van der Waals surface area contributed by atoms with Gasteiger partial charge in [0.1, 0.15) is 13.4 Å². The summed E-state index contributed by atoms with van der Waals surface area (Å²) in [4.78, 5) is 22.1. The lowest BCUT2D eigenvalue weighted by atomic mass is 9.96. The molecule has 2 radical (unpaired) electrons. The number of hydroxylamine groups is 1. The monoisotopic (exact) mass is 472 g/mol. The zero-order valence-electron chi connectivity index (χ0n) is 17.8. The molecule has 2 aromatic carbocycles. The summed E-state index contributed by atoms with van der Waals surface area (Å²) in [5.74, 6) is -1.01. The number of carbonyl (C=O) groups is 1. The number of carbonyl (C=O) groups excluding carboxylic acids is 1. The summed E-state index contributed by atoms with van der Waals surface area (Å²) >= 11 is 6.25. The van der Waals surface area contributed by atoms with E-state index in [1.54, 1.807) is 24.5 Å². The number of aromatic nitrogens is 2. The van der Waals surface area contributed by atoms with E-state index in [0.29, 0.717) is 42.3 Å². The third kappa shape index (κ3) is 5.30. The van der Waals surface area contributed by atoms with Crippen LogP contribution in [0.1, 0.15) is 23.2 Å². The van der Waals surface area contributed by atoms with E-state index in [-0.39, 0.29) is 35.0 Å². The van der Waals surface area contributed by atoms with Crippen LogP contribution in [0.4, 0.5) is 15.8 Å². The average molecular weight is 473 g/mol. The number of aliphatic hydroxyl groups is 1. The van der Waals surface area contributed by atoms with E-state index in [2.05, 4.69) is 15.8 Å². The number of amides is 1. The van der Waals surface area contributed by atoms with Gasteiger partial charge in [-0.1, -0.05) is 23.1 Å². The highest BCUT2D eigenvalue weighted by atomic mass is 35.5. The third-order valence-electron chi connectivity index (χ3n) is 5.51. The molecule has 172 valence electrons. The molecular formula is C22H23BClFN4O4. The smallest absolute Gasteiger partial charge is 0.277 e. The predicted octanol–water partition coefficient (Wildman–Crippen LogP) is 2.45. The van der Waals surface area contributed by atoms with Gasteiger partial charge in [0.15, 0.2) is 5.82 Å². The number of aliphatic hydroxyl groups excluding tert-OH is 1. The number of nitrogens with one attached hydrogen (secondary N) is 2. The number of ether oxygens (including phenoxy) is 1. The average Bonchev–Trinajstić information content (AvgIpc) is 3.20. The van der Waals surface area contributed by atoms with Gasteiger partial charge in [-0.2, -0.15) is 0 Å². The molecule has 1 aliphatic rings. The quantitative estimate of drug-likeness (QED) is 0.265. The number of benzene rings is 2. The Morgan fingerprint density at radius 1 is 1.36 bits per heavy atom. The van der Waals surface area contributed by atoms with E-state index >= 15 is 4.39 Å². The van der Waals surface area contributed by atoms with Crippen molar-refractivity contribution in [2.75, 3.05) is 31.7 Å². The number of nitrogens with zero attached hydrogens (tertiary/aromatic N) is 2. The molecule has 1 aliphatic heterocycles. The summed E-state index contributed by atoms with van der Waals surface area (Å²) in [6, 6.07) is 6.29. The molecule has 0 aliphatic carbocycles. The predicted molar refractivity (Wildman–Crippen MR) is 124 cm³/mol. The lowest BCUT2D eigenvalue weighted by Gasteiger charge is -2.22. The standard InChI is InChI=1S/C22H23BClFN4O4/c23-14-1-2-17(16(24)9-14)27-20-15(22(31)28-33-8-5-30)10-18-21(19(20)25)26-12-29(18)11-13-3-6-32-7-4-13/h1-2,9-10,12-13,27,30H,3-8,11H2,(H,28,31). The minimum Gasteiger partial charge on any atom is -0.394 e. The Hall–Kier alpha value is -2.66. The summed E-state index contributed by atoms with van der Waals surface area (Å²) in [5.41, 5.74) is 3.56. The highest BCUT2D eigenvalue weighted by Crippen LogP contribution is 2.33. The molecule has 0 saturated carbocycles. The van der Waals surface area contributed by atoms with Crippen molar-refractivity contribution in [1.82, 2.24) is 15.0 Å². The lowest BCUT2D eigenvalue weighted by Crippen LogP contribution is -2.26. The van der Waals surface area contributed by atoms with Gasteiger partial charge < -0.3 is 19.7 Å². The first-order valence-corrected chi connectivity index (χ1v) is 11.0. The van der Waals surface area contributed by atoms with E-state index in [9.17, 15) is 4.79 Å². The van der Waals surface area contributed by atoms with Crippen LogP contribution < -0.4 is 16.3 Å². The van der Waals surface area contributed by atoms with Gasteiger partial charge in [0.2, 0.25) is 0 Å². The van der Waals surface area contributed by atoms with Crippen LogP contribution in [0.5, 0.6) is 0 Å². The zero-order chi connectivity index (χ0) is 23.4. The molecule has 0 bridgehead atoms. The molecule has 4 rings (SSSR count). The molecule has 3 aromatic rings. The molecule has 1 fully saturated rings. The molecule has 1 amide bonds. The second-order valence-electron chi connectivity index (χ2n) is 7.80. The molecule has 1 saturated heterocycles. The highest BCUT2D eigenvalue weighted by molar-refractivity contribution is 6.37. The molecule has 0 unspecified atom stereocenters. The molecule has 0 atom stereocenters. The molecular weight excluding hydrogens is 450 g/mol. The molecule has 2 heterocycles. The second-order valence-corrected chi connectivity index (χ2v) is 8.21. The largest absolute Gasteiger partial charge is 0.394 e. The van der Waals surface area contributed by atoms with Crippen LogP contribution in [0.2, 0.25) is 5.02 Å². The molecule has 1 aromatic heterocycles. The number of imidazole rings is 1. The van der Waals surface area contributed by atoms with Gasteiger partial charge in [-0.15, -0.1) is 0 Å². The van der Waals surface area contributed by atoms with Crippen molar-refractivity contribution < 1.29 is 23.9 Å². The fourth-order valence-corrected chi connectivity index (χ4v) is 4.03. The molecule has 11 heteroatoms. The minimum absolute atomic E-state index is 0.000408. The Balaban J connectivity index is 1.74. The fourth-order valence-electron chi connectivity index (χ4n) is 3.80. The van der Waals surface area contributed by atoms with E-state index in [4.69, 9.17) is 34.1 Å². The molecule has 8 nitrogen and oxygen atoms in total. The Bertz CT molecular complexity index is 1150. The fraction of sp³-hybridized carbons (Fsp3) is 0.364. The van der Waals surface area contributed by atoms with Crippen LogP contribution >= 0.6 is 11.6 Å². The maximum atomic E-state index is 15.7. The first-order chi connectivity index (χ1) is 16.0. The topological polar surface area (TPSA) is 97.6 Å². The van der Waals surface area contributed by atoms with E-state index in [1.807, 2.05) is 4.57 Å². The van der Waals surface area contributed by atoms with Gasteiger partial charge in [0.05, 0.1) is 47.0 Å². The first-order valence-electron chi connectivity index (χ1n) is 10.6. The molecule has 3 N–H and O–H groups in total. The number of rotatable bonds is 8. The number of hydrogen-bond acceptors (Lipinski definition) is 6. The maximum Gasteiger partial charge on any atom is 0.277 e. The summed E-state index contributed by atoms with van der Waals surface area (Å²) < 4.78 is 22.9. The van der Waals surface area contributed by atoms with Crippen molar-refractivity contribution in [2.24, 2.45) is 5.92 Å². The van der Waals surface area contributed by atoms with Gasteiger partial charge in [-0.05, 0) is 37.0 Å². The van der Waals surface area contributed by atoms with Crippen LogP contribution in [0.15, 0.2) is 30.6 Å². The van der Waals surface area contributed by atoms with Gasteiger partial charge >= 0.3 is 0 Å². The summed E-state index contributed by atoms with van der Waals surface area (Å²) in [5, 5.41) is 12.1. The first kappa shape index (κ1) is 23.5. The van der Waals surface area contributed by atoms with Crippen molar-refractivity contribution in [3.63, 3.8) is 0 Å². The van der Waals surface area contributed by atoms with Crippen LogP contribution in [0.25, 0.3) is 11.0 Å². The Morgan fingerprint density at radius 3 is 2.88 bits per heavy atom. The summed E-state index contributed by atoms with van der Waals surface area (Å²) in [6.45, 7) is 1.64. The molecule has 33 heavy (non-hydrogen) atoms. The van der Waals surface area contributed by atoms with Crippen molar-refractivity contribution in [1.29, 1.82) is 0 Å². The number of hydrogen-bond donors (Lipinski definition) is 3. The zero-order valence-corrected chi connectivity index (χ0v) is 18.6. The van der Waals surface area contributed by atoms with Crippen molar-refractivity contribution in [2.45, 2.75) is 19.4 Å². The van der Waals surface area contributed by atoms with Gasteiger partial charge in [0.25, 0.3) is 5.91 Å². The van der Waals surface area contributed by atoms with Crippen LogP contribution in [0.3, 0.4) is 0 Å². The van der Waals surface area contributed by atoms with Crippen molar-refractivity contribution in [3.05, 3.63) is 47.0 Å². The highest BCUT2D eigenvalue weighted by Gasteiger charge is 2.24. The normalized spacial score (nSPS) is 14.5. The van der Waals surface area contributed by atoms with E-state index < -0.39 is 11.7 Å². The lowest BCUT2D eigenvalue weighted by molar-refractivity contribution is 0.0169. The van der Waals surface area contributed by atoms with Crippen LogP contribution in [0, 0.1) is 11.7 Å². The Morgan fingerprint density at radius 2 is 2.15 bits per heavy atom. The van der Waals surface area contributed by atoms with Crippen molar-refractivity contribution in [3.8, 4) is 0 Å². The van der Waals surface area contributed by atoms with Crippen molar-refractivity contribution >= 4 is 53.2 Å². The molecule has 0 spiro atoms. The van der Waals surface area contributed by atoms with Gasteiger partial charge in [0, 0.05) is 19.8 Å². The van der Waals surface area contributed by atoms with Gasteiger partial charge in [-0.3, -0.25) is 9.63 Å². The van der Waals surface area contributed by atoms with E-state index in [1.165, 1.54) is 6.07 Å². The Labute approximate surface area is 196 Å².